The average Bonchev–Trinajstić information content (AvgIpc) is 2.56. The van der Waals surface area contributed by atoms with Crippen LogP contribution in [0, 0.1) is 5.41 Å². The second-order valence-corrected chi connectivity index (χ2v) is 5.12. The van der Waals surface area contributed by atoms with Crippen LogP contribution in [0.2, 0.25) is 0 Å². The highest BCUT2D eigenvalue weighted by Crippen LogP contribution is 2.35. The summed E-state index contributed by atoms with van der Waals surface area (Å²) in [5.41, 5.74) is -0.861. The number of methoxy groups -OCH3 is 1. The van der Waals surface area contributed by atoms with Gasteiger partial charge in [-0.25, -0.2) is 4.79 Å². The molecule has 0 spiro atoms. The van der Waals surface area contributed by atoms with Crippen LogP contribution in [0.25, 0.3) is 0 Å². The molecule has 0 heterocycles. The second kappa shape index (κ2) is 5.58. The number of ether oxygens (including phenoxy) is 1. The molecule has 0 aromatic carbocycles. The Morgan fingerprint density at radius 2 is 1.94 bits per heavy atom. The van der Waals surface area contributed by atoms with Gasteiger partial charge < -0.3 is 4.74 Å². The minimum absolute atomic E-state index is 0.00471. The van der Waals surface area contributed by atoms with Crippen LogP contribution in [-0.4, -0.2) is 24.6 Å². The molecule has 1 fully saturated rings. The van der Waals surface area contributed by atoms with Crippen molar-refractivity contribution in [3.05, 3.63) is 10.6 Å². The average molecular weight is 303 g/mol. The van der Waals surface area contributed by atoms with E-state index >= 15 is 0 Å². The van der Waals surface area contributed by atoms with E-state index in [0.29, 0.717) is 30.2 Å². The molecule has 5 heteroatoms. The predicted octanol–water partition coefficient (Wildman–Crippen LogP) is 2.16. The maximum absolute atomic E-state index is 11.6. The fourth-order valence-corrected chi connectivity index (χ4v) is 2.27. The minimum atomic E-state index is -0.861. The highest BCUT2D eigenvalue weighted by atomic mass is 79.9. The molecule has 0 N–H and O–H groups in total. The summed E-state index contributed by atoms with van der Waals surface area (Å²) in [6.45, 7) is 1.69. The summed E-state index contributed by atoms with van der Waals surface area (Å²) in [6, 6.07) is 0. The maximum Gasteiger partial charge on any atom is 0.344 e. The summed E-state index contributed by atoms with van der Waals surface area (Å²) < 4.78 is 4.83. The highest BCUT2D eigenvalue weighted by Gasteiger charge is 2.44. The van der Waals surface area contributed by atoms with E-state index in [0.717, 1.165) is 0 Å². The zero-order chi connectivity index (χ0) is 13.1. The van der Waals surface area contributed by atoms with Gasteiger partial charge >= 0.3 is 5.97 Å². The lowest BCUT2D eigenvalue weighted by Gasteiger charge is -2.18. The van der Waals surface area contributed by atoms with Crippen molar-refractivity contribution >= 4 is 33.5 Å². The SMILES string of the molecule is COC(=O)/C(Br)=C/CCC1(C)C(=O)CCC1=O. The van der Waals surface area contributed by atoms with Crippen molar-refractivity contribution < 1.29 is 19.1 Å². The number of Topliss-reactive ketones (excluding diaryl/α,β-unsaturated/α-hetero) is 2. The standard InChI is InChI=1S/C12H15BrO4/c1-12(9(14)5-6-10(12)15)7-3-4-8(13)11(16)17-2/h4H,3,5-7H2,1-2H3/b8-4-. The molecule has 0 unspecified atom stereocenters. The summed E-state index contributed by atoms with van der Waals surface area (Å²) >= 11 is 3.08. The molecule has 0 saturated heterocycles. The Morgan fingerprint density at radius 3 is 2.41 bits per heavy atom. The summed E-state index contributed by atoms with van der Waals surface area (Å²) in [7, 11) is 1.29. The number of esters is 1. The van der Waals surface area contributed by atoms with Gasteiger partial charge in [-0.05, 0) is 35.7 Å². The number of carbonyl (C=O) groups excluding carboxylic acids is 3. The van der Waals surface area contributed by atoms with Crippen molar-refractivity contribution in [2.45, 2.75) is 32.6 Å². The van der Waals surface area contributed by atoms with E-state index in [2.05, 4.69) is 20.7 Å². The minimum Gasteiger partial charge on any atom is -0.465 e. The Hall–Kier alpha value is -0.970. The maximum atomic E-state index is 11.6. The molecule has 0 aromatic rings. The van der Waals surface area contributed by atoms with Crippen LogP contribution in [0.5, 0.6) is 0 Å². The Labute approximate surface area is 109 Å². The van der Waals surface area contributed by atoms with Crippen LogP contribution >= 0.6 is 15.9 Å². The van der Waals surface area contributed by atoms with E-state index in [-0.39, 0.29) is 11.6 Å². The lowest BCUT2D eigenvalue weighted by atomic mass is 9.82. The molecule has 0 aliphatic heterocycles. The summed E-state index contributed by atoms with van der Waals surface area (Å²) in [6.07, 6.45) is 3.25. The van der Waals surface area contributed by atoms with Gasteiger partial charge in [-0.15, -0.1) is 0 Å². The summed E-state index contributed by atoms with van der Waals surface area (Å²) in [5, 5.41) is 0. The third kappa shape index (κ3) is 3.03. The largest absolute Gasteiger partial charge is 0.465 e. The number of hydrogen-bond acceptors (Lipinski definition) is 4. The van der Waals surface area contributed by atoms with Crippen LogP contribution in [0.3, 0.4) is 0 Å². The number of hydrogen-bond donors (Lipinski definition) is 0. The molecule has 1 rings (SSSR count). The quantitative estimate of drug-likeness (QED) is 0.453. The first kappa shape index (κ1) is 14.1. The van der Waals surface area contributed by atoms with Gasteiger partial charge in [0, 0.05) is 12.8 Å². The molecular weight excluding hydrogens is 288 g/mol. The smallest absolute Gasteiger partial charge is 0.344 e. The van der Waals surface area contributed by atoms with Crippen molar-refractivity contribution in [3.63, 3.8) is 0 Å². The normalized spacial score (nSPS) is 19.6. The molecule has 17 heavy (non-hydrogen) atoms. The molecule has 0 radical (unpaired) electrons. The van der Waals surface area contributed by atoms with Gasteiger partial charge in [-0.3, -0.25) is 9.59 Å². The van der Waals surface area contributed by atoms with Crippen molar-refractivity contribution in [2.75, 3.05) is 7.11 Å². The highest BCUT2D eigenvalue weighted by molar-refractivity contribution is 9.12. The number of halogens is 1. The van der Waals surface area contributed by atoms with E-state index in [4.69, 9.17) is 0 Å². The Bertz CT molecular complexity index is 368. The third-order valence-electron chi connectivity index (χ3n) is 3.16. The molecule has 0 bridgehead atoms. The molecular formula is C12H15BrO4. The molecule has 1 aliphatic carbocycles. The van der Waals surface area contributed by atoms with Crippen LogP contribution in [0.1, 0.15) is 32.6 Å². The van der Waals surface area contributed by atoms with Crippen LogP contribution in [0.15, 0.2) is 10.6 Å². The van der Waals surface area contributed by atoms with Gasteiger partial charge in [0.2, 0.25) is 0 Å². The monoisotopic (exact) mass is 302 g/mol. The fraction of sp³-hybridized carbons (Fsp3) is 0.583. The molecule has 1 saturated carbocycles. The van der Waals surface area contributed by atoms with Crippen molar-refractivity contribution in [1.29, 1.82) is 0 Å². The Kier molecular flexibility index (Phi) is 4.62. The first-order valence-electron chi connectivity index (χ1n) is 5.42. The predicted molar refractivity (Wildman–Crippen MR) is 65.6 cm³/mol. The van der Waals surface area contributed by atoms with E-state index in [1.807, 2.05) is 0 Å². The zero-order valence-electron chi connectivity index (χ0n) is 9.92. The first-order valence-corrected chi connectivity index (χ1v) is 6.21. The van der Waals surface area contributed by atoms with Gasteiger partial charge in [-0.2, -0.15) is 0 Å². The summed E-state index contributed by atoms with van der Waals surface area (Å²) in [5.74, 6) is -0.450. The van der Waals surface area contributed by atoms with E-state index < -0.39 is 11.4 Å². The van der Waals surface area contributed by atoms with Crippen LogP contribution < -0.4 is 0 Å². The van der Waals surface area contributed by atoms with Crippen molar-refractivity contribution in [1.82, 2.24) is 0 Å². The number of rotatable bonds is 4. The number of allylic oxidation sites excluding steroid dienone is 1. The second-order valence-electron chi connectivity index (χ2n) is 4.26. The fourth-order valence-electron chi connectivity index (χ4n) is 1.88. The van der Waals surface area contributed by atoms with Gasteiger partial charge in [-0.1, -0.05) is 6.08 Å². The van der Waals surface area contributed by atoms with Gasteiger partial charge in [0.1, 0.15) is 11.6 Å². The Balaban J connectivity index is 2.59. The lowest BCUT2D eigenvalue weighted by Crippen LogP contribution is -2.28. The topological polar surface area (TPSA) is 60.4 Å². The molecule has 0 amide bonds. The number of carbonyl (C=O) groups is 3. The third-order valence-corrected chi connectivity index (χ3v) is 3.81. The van der Waals surface area contributed by atoms with Crippen LogP contribution in [-0.2, 0) is 19.1 Å². The van der Waals surface area contributed by atoms with Crippen LogP contribution in [0.4, 0.5) is 0 Å². The number of ketones is 2. The molecule has 0 atom stereocenters. The molecule has 0 aromatic heterocycles. The van der Waals surface area contributed by atoms with E-state index in [9.17, 15) is 14.4 Å². The lowest BCUT2D eigenvalue weighted by molar-refractivity contribution is -0.135. The zero-order valence-corrected chi connectivity index (χ0v) is 11.5. The molecule has 1 aliphatic rings. The van der Waals surface area contributed by atoms with Crippen molar-refractivity contribution in [2.24, 2.45) is 5.41 Å². The van der Waals surface area contributed by atoms with E-state index in [1.165, 1.54) is 7.11 Å². The van der Waals surface area contributed by atoms with Crippen molar-refractivity contribution in [3.8, 4) is 0 Å². The van der Waals surface area contributed by atoms with E-state index in [1.54, 1.807) is 13.0 Å². The van der Waals surface area contributed by atoms with Gasteiger partial charge in [0.15, 0.2) is 0 Å². The molecule has 94 valence electrons. The van der Waals surface area contributed by atoms with Gasteiger partial charge in [0.05, 0.1) is 17.0 Å². The van der Waals surface area contributed by atoms with Gasteiger partial charge in [0.25, 0.3) is 0 Å². The molecule has 4 nitrogen and oxygen atoms in total. The first-order chi connectivity index (χ1) is 7.91. The Morgan fingerprint density at radius 1 is 1.41 bits per heavy atom. The summed E-state index contributed by atoms with van der Waals surface area (Å²) in [4.78, 5) is 34.3.